The van der Waals surface area contributed by atoms with Crippen LogP contribution < -0.4 is 4.90 Å². The van der Waals surface area contributed by atoms with E-state index in [1.807, 2.05) is 4.90 Å². The Bertz CT molecular complexity index is 456. The second-order valence-electron chi connectivity index (χ2n) is 4.66. The summed E-state index contributed by atoms with van der Waals surface area (Å²) in [5.74, 6) is 0. The average Bonchev–Trinajstić information content (AvgIpc) is 2.46. The van der Waals surface area contributed by atoms with E-state index in [1.165, 1.54) is 6.07 Å². The molecule has 1 aromatic carbocycles. The quantitative estimate of drug-likeness (QED) is 0.663. The van der Waals surface area contributed by atoms with Crippen LogP contribution in [-0.4, -0.2) is 36.3 Å². The van der Waals surface area contributed by atoms with Crippen LogP contribution in [0.3, 0.4) is 0 Å². The lowest BCUT2D eigenvalue weighted by Crippen LogP contribution is -2.36. The van der Waals surface area contributed by atoms with E-state index in [-0.39, 0.29) is 18.4 Å². The number of benzene rings is 1. The monoisotopic (exact) mass is 266 g/mol. The topological polar surface area (TPSA) is 75.8 Å². The van der Waals surface area contributed by atoms with E-state index in [0.29, 0.717) is 11.3 Å². The van der Waals surface area contributed by atoms with E-state index in [1.54, 1.807) is 19.2 Å². The first kappa shape index (κ1) is 13.8. The molecule has 6 nitrogen and oxygen atoms in total. The molecular formula is C13H18N2O4. The Balaban J connectivity index is 2.22. The summed E-state index contributed by atoms with van der Waals surface area (Å²) in [5.41, 5.74) is 1.24. The lowest BCUT2D eigenvalue weighted by molar-refractivity contribution is -0.384. The zero-order chi connectivity index (χ0) is 13.8. The summed E-state index contributed by atoms with van der Waals surface area (Å²) in [5, 5.41) is 20.2. The molecule has 1 saturated heterocycles. The molecular weight excluding hydrogens is 248 g/mol. The summed E-state index contributed by atoms with van der Waals surface area (Å²) in [6.45, 7) is 1.31. The van der Waals surface area contributed by atoms with Crippen molar-refractivity contribution < 1.29 is 14.8 Å². The van der Waals surface area contributed by atoms with Gasteiger partial charge in [0, 0.05) is 26.3 Å². The fourth-order valence-electron chi connectivity index (χ4n) is 2.41. The van der Waals surface area contributed by atoms with Gasteiger partial charge in [0.15, 0.2) is 0 Å². The van der Waals surface area contributed by atoms with Crippen LogP contribution >= 0.6 is 0 Å². The van der Waals surface area contributed by atoms with Crippen LogP contribution in [0.4, 0.5) is 11.4 Å². The highest BCUT2D eigenvalue weighted by atomic mass is 16.6. The molecule has 0 aromatic heterocycles. The number of nitro groups is 1. The molecule has 1 aliphatic rings. The second-order valence-corrected chi connectivity index (χ2v) is 4.66. The molecule has 104 valence electrons. The zero-order valence-corrected chi connectivity index (χ0v) is 10.9. The summed E-state index contributed by atoms with van der Waals surface area (Å²) < 4.78 is 5.30. The fraction of sp³-hybridized carbons (Fsp3) is 0.538. The van der Waals surface area contributed by atoms with Crippen molar-refractivity contribution in [3.05, 3.63) is 33.9 Å². The molecule has 1 heterocycles. The Morgan fingerprint density at radius 2 is 2.16 bits per heavy atom. The molecule has 0 spiro atoms. The third-order valence-electron chi connectivity index (χ3n) is 3.54. The molecule has 2 rings (SSSR count). The Morgan fingerprint density at radius 1 is 1.47 bits per heavy atom. The van der Waals surface area contributed by atoms with E-state index in [4.69, 9.17) is 9.84 Å². The maximum atomic E-state index is 11.1. The van der Waals surface area contributed by atoms with Gasteiger partial charge in [-0.3, -0.25) is 10.1 Å². The number of methoxy groups -OCH3 is 1. The molecule has 0 radical (unpaired) electrons. The van der Waals surface area contributed by atoms with Gasteiger partial charge in [-0.25, -0.2) is 0 Å². The maximum Gasteiger partial charge on any atom is 0.292 e. The van der Waals surface area contributed by atoms with E-state index in [0.717, 1.165) is 25.9 Å². The Hall–Kier alpha value is -1.66. The van der Waals surface area contributed by atoms with Crippen molar-refractivity contribution >= 4 is 11.4 Å². The van der Waals surface area contributed by atoms with Crippen molar-refractivity contribution in [2.45, 2.75) is 25.6 Å². The summed E-state index contributed by atoms with van der Waals surface area (Å²) in [7, 11) is 1.69. The molecule has 0 bridgehead atoms. The van der Waals surface area contributed by atoms with Crippen LogP contribution in [0.1, 0.15) is 18.4 Å². The van der Waals surface area contributed by atoms with Gasteiger partial charge in [0.2, 0.25) is 0 Å². The van der Waals surface area contributed by atoms with Gasteiger partial charge >= 0.3 is 0 Å². The van der Waals surface area contributed by atoms with Gasteiger partial charge in [0.25, 0.3) is 5.69 Å². The number of anilines is 1. The smallest absolute Gasteiger partial charge is 0.292 e. The first-order chi connectivity index (χ1) is 9.15. The molecule has 1 aromatic rings. The molecule has 19 heavy (non-hydrogen) atoms. The van der Waals surface area contributed by atoms with Gasteiger partial charge in [-0.2, -0.15) is 0 Å². The minimum absolute atomic E-state index is 0.0578. The minimum Gasteiger partial charge on any atom is -0.392 e. The summed E-state index contributed by atoms with van der Waals surface area (Å²) in [6, 6.07) is 4.89. The highest BCUT2D eigenvalue weighted by molar-refractivity contribution is 5.64. The molecule has 6 heteroatoms. The first-order valence-corrected chi connectivity index (χ1v) is 6.31. The fourth-order valence-corrected chi connectivity index (χ4v) is 2.41. The Labute approximate surface area is 111 Å². The second kappa shape index (κ2) is 5.99. The van der Waals surface area contributed by atoms with E-state index < -0.39 is 4.92 Å². The molecule has 0 amide bonds. The van der Waals surface area contributed by atoms with E-state index in [9.17, 15) is 10.1 Å². The number of hydrogen-bond acceptors (Lipinski definition) is 5. The molecule has 0 aliphatic carbocycles. The lowest BCUT2D eigenvalue weighted by Gasteiger charge is -2.32. The largest absolute Gasteiger partial charge is 0.392 e. The third kappa shape index (κ3) is 3.02. The van der Waals surface area contributed by atoms with Crippen LogP contribution in [0.25, 0.3) is 0 Å². The lowest BCUT2D eigenvalue weighted by atomic mass is 10.1. The van der Waals surface area contributed by atoms with Crippen molar-refractivity contribution in [3.8, 4) is 0 Å². The standard InChI is InChI=1S/C13H18N2O4/c1-19-11-4-6-14(7-5-11)12-3-2-10(9-16)8-13(12)15(17)18/h2-3,8,11,16H,4-7,9H2,1H3. The van der Waals surface area contributed by atoms with Gasteiger partial charge in [-0.1, -0.05) is 6.07 Å². The number of nitro benzene ring substituents is 1. The van der Waals surface area contributed by atoms with Gasteiger partial charge in [-0.15, -0.1) is 0 Å². The minimum atomic E-state index is -0.392. The summed E-state index contributed by atoms with van der Waals surface area (Å²) in [4.78, 5) is 12.7. The number of nitrogens with zero attached hydrogens (tertiary/aromatic N) is 2. The number of piperidine rings is 1. The highest BCUT2D eigenvalue weighted by Crippen LogP contribution is 2.31. The molecule has 0 unspecified atom stereocenters. The van der Waals surface area contributed by atoms with Crippen molar-refractivity contribution in [1.82, 2.24) is 0 Å². The molecule has 1 fully saturated rings. The molecule has 0 atom stereocenters. The Morgan fingerprint density at radius 3 is 2.68 bits per heavy atom. The zero-order valence-electron chi connectivity index (χ0n) is 10.9. The maximum absolute atomic E-state index is 11.1. The number of rotatable bonds is 4. The number of ether oxygens (including phenoxy) is 1. The normalized spacial score (nSPS) is 16.6. The first-order valence-electron chi connectivity index (χ1n) is 6.31. The highest BCUT2D eigenvalue weighted by Gasteiger charge is 2.24. The van der Waals surface area contributed by atoms with Crippen molar-refractivity contribution in [2.24, 2.45) is 0 Å². The number of hydrogen-bond donors (Lipinski definition) is 1. The van der Waals surface area contributed by atoms with Gasteiger partial charge in [-0.05, 0) is 24.5 Å². The van der Waals surface area contributed by atoms with Crippen molar-refractivity contribution in [2.75, 3.05) is 25.1 Å². The third-order valence-corrected chi connectivity index (χ3v) is 3.54. The van der Waals surface area contributed by atoms with Crippen molar-refractivity contribution in [3.63, 3.8) is 0 Å². The van der Waals surface area contributed by atoms with Crippen LogP contribution in [0, 0.1) is 10.1 Å². The summed E-state index contributed by atoms with van der Waals surface area (Å²) in [6.07, 6.45) is 1.98. The average molecular weight is 266 g/mol. The predicted molar refractivity (Wildman–Crippen MR) is 71.3 cm³/mol. The SMILES string of the molecule is COC1CCN(c2ccc(CO)cc2[N+](=O)[O-])CC1. The van der Waals surface area contributed by atoms with Crippen LogP contribution in [0.2, 0.25) is 0 Å². The van der Waals surface area contributed by atoms with Gasteiger partial charge < -0.3 is 14.7 Å². The van der Waals surface area contributed by atoms with Crippen LogP contribution in [0.15, 0.2) is 18.2 Å². The number of aliphatic hydroxyl groups is 1. The van der Waals surface area contributed by atoms with Crippen LogP contribution in [-0.2, 0) is 11.3 Å². The van der Waals surface area contributed by atoms with E-state index in [2.05, 4.69) is 0 Å². The van der Waals surface area contributed by atoms with Crippen LogP contribution in [0.5, 0.6) is 0 Å². The number of aliphatic hydroxyl groups excluding tert-OH is 1. The molecule has 1 N–H and O–H groups in total. The van der Waals surface area contributed by atoms with Crippen molar-refractivity contribution in [1.29, 1.82) is 0 Å². The van der Waals surface area contributed by atoms with E-state index >= 15 is 0 Å². The molecule has 1 aliphatic heterocycles. The Kier molecular flexibility index (Phi) is 4.34. The predicted octanol–water partition coefficient (Wildman–Crippen LogP) is 1.70. The van der Waals surface area contributed by atoms with Gasteiger partial charge in [0.05, 0.1) is 17.6 Å². The molecule has 0 saturated carbocycles. The summed E-state index contributed by atoms with van der Waals surface area (Å²) >= 11 is 0. The van der Waals surface area contributed by atoms with Gasteiger partial charge in [0.1, 0.15) is 5.69 Å².